The second-order valence-corrected chi connectivity index (χ2v) is 4.55. The summed E-state index contributed by atoms with van der Waals surface area (Å²) in [5.74, 6) is 0.926. The van der Waals surface area contributed by atoms with Crippen LogP contribution in [-0.2, 0) is 0 Å². The molecule has 1 saturated carbocycles. The zero-order valence-corrected chi connectivity index (χ0v) is 8.92. The Morgan fingerprint density at radius 2 is 1.92 bits per heavy atom. The molecule has 0 heterocycles. The SMILES string of the molecule is CC1CCC(NCC[C@@H](C)O)CC1. The summed E-state index contributed by atoms with van der Waals surface area (Å²) in [6.45, 7) is 5.16. The molecule has 1 aliphatic rings. The van der Waals surface area contributed by atoms with Gasteiger partial charge >= 0.3 is 0 Å². The van der Waals surface area contributed by atoms with Gasteiger partial charge in [-0.1, -0.05) is 6.92 Å². The highest BCUT2D eigenvalue weighted by molar-refractivity contribution is 4.75. The molecule has 0 saturated heterocycles. The van der Waals surface area contributed by atoms with Crippen LogP contribution in [0.1, 0.15) is 46.0 Å². The first kappa shape index (κ1) is 11.0. The summed E-state index contributed by atoms with van der Waals surface area (Å²) in [5.41, 5.74) is 0. The van der Waals surface area contributed by atoms with Crippen molar-refractivity contribution < 1.29 is 5.11 Å². The molecule has 0 aliphatic heterocycles. The van der Waals surface area contributed by atoms with E-state index in [-0.39, 0.29) is 6.10 Å². The molecule has 0 aromatic heterocycles. The lowest BCUT2D eigenvalue weighted by Gasteiger charge is -2.27. The molecule has 0 aromatic rings. The van der Waals surface area contributed by atoms with Crippen molar-refractivity contribution in [1.82, 2.24) is 5.32 Å². The van der Waals surface area contributed by atoms with E-state index in [4.69, 9.17) is 5.11 Å². The molecule has 2 nitrogen and oxygen atoms in total. The number of nitrogens with one attached hydrogen (secondary N) is 1. The molecular formula is C11H23NO. The third kappa shape index (κ3) is 4.63. The number of rotatable bonds is 4. The molecule has 0 radical (unpaired) electrons. The molecule has 0 spiro atoms. The lowest BCUT2D eigenvalue weighted by atomic mass is 9.87. The first-order valence-corrected chi connectivity index (χ1v) is 5.60. The van der Waals surface area contributed by atoms with Crippen LogP contribution in [0.5, 0.6) is 0 Å². The van der Waals surface area contributed by atoms with E-state index in [0.717, 1.165) is 24.9 Å². The lowest BCUT2D eigenvalue weighted by molar-refractivity contribution is 0.179. The van der Waals surface area contributed by atoms with Crippen molar-refractivity contribution in [1.29, 1.82) is 0 Å². The summed E-state index contributed by atoms with van der Waals surface area (Å²) >= 11 is 0. The van der Waals surface area contributed by atoms with E-state index in [9.17, 15) is 0 Å². The van der Waals surface area contributed by atoms with E-state index in [1.54, 1.807) is 0 Å². The van der Waals surface area contributed by atoms with Crippen LogP contribution in [0.3, 0.4) is 0 Å². The van der Waals surface area contributed by atoms with E-state index < -0.39 is 0 Å². The van der Waals surface area contributed by atoms with Crippen LogP contribution in [-0.4, -0.2) is 23.8 Å². The quantitative estimate of drug-likeness (QED) is 0.701. The van der Waals surface area contributed by atoms with Crippen molar-refractivity contribution in [2.75, 3.05) is 6.54 Å². The second-order valence-electron chi connectivity index (χ2n) is 4.55. The van der Waals surface area contributed by atoms with Crippen LogP contribution in [0.15, 0.2) is 0 Å². The van der Waals surface area contributed by atoms with Crippen molar-refractivity contribution in [2.45, 2.75) is 58.1 Å². The van der Waals surface area contributed by atoms with Gasteiger partial charge in [0.2, 0.25) is 0 Å². The average molecular weight is 185 g/mol. The summed E-state index contributed by atoms with van der Waals surface area (Å²) < 4.78 is 0. The Kier molecular flexibility index (Phi) is 4.74. The standard InChI is InChI=1S/C11H23NO/c1-9-3-5-11(6-4-9)12-8-7-10(2)13/h9-13H,3-8H2,1-2H3/t9?,10-,11?/m1/s1. The fraction of sp³-hybridized carbons (Fsp3) is 1.00. The van der Waals surface area contributed by atoms with Gasteiger partial charge in [0.1, 0.15) is 0 Å². The van der Waals surface area contributed by atoms with Crippen LogP contribution in [0.2, 0.25) is 0 Å². The number of aliphatic hydroxyl groups is 1. The van der Waals surface area contributed by atoms with Gasteiger partial charge in [-0.2, -0.15) is 0 Å². The summed E-state index contributed by atoms with van der Waals surface area (Å²) in [6.07, 6.45) is 6.10. The minimum Gasteiger partial charge on any atom is -0.393 e. The number of hydrogen-bond acceptors (Lipinski definition) is 2. The van der Waals surface area contributed by atoms with Crippen molar-refractivity contribution >= 4 is 0 Å². The first-order chi connectivity index (χ1) is 6.18. The normalized spacial score (nSPS) is 31.6. The van der Waals surface area contributed by atoms with Gasteiger partial charge in [-0.25, -0.2) is 0 Å². The monoisotopic (exact) mass is 185 g/mol. The highest BCUT2D eigenvalue weighted by atomic mass is 16.3. The van der Waals surface area contributed by atoms with Gasteiger partial charge in [-0.15, -0.1) is 0 Å². The van der Waals surface area contributed by atoms with Gasteiger partial charge in [-0.05, 0) is 51.5 Å². The van der Waals surface area contributed by atoms with Gasteiger partial charge in [0.15, 0.2) is 0 Å². The highest BCUT2D eigenvalue weighted by Crippen LogP contribution is 2.23. The van der Waals surface area contributed by atoms with E-state index in [0.29, 0.717) is 0 Å². The van der Waals surface area contributed by atoms with Crippen molar-refractivity contribution in [3.8, 4) is 0 Å². The molecule has 1 aliphatic carbocycles. The average Bonchev–Trinajstić information content (AvgIpc) is 2.08. The third-order valence-electron chi connectivity index (χ3n) is 3.01. The van der Waals surface area contributed by atoms with E-state index in [2.05, 4.69) is 12.2 Å². The van der Waals surface area contributed by atoms with Crippen LogP contribution in [0.4, 0.5) is 0 Å². The molecule has 0 bridgehead atoms. The van der Waals surface area contributed by atoms with Gasteiger partial charge in [0.05, 0.1) is 6.10 Å². The van der Waals surface area contributed by atoms with Gasteiger partial charge in [0.25, 0.3) is 0 Å². The second kappa shape index (κ2) is 5.61. The summed E-state index contributed by atoms with van der Waals surface area (Å²) in [4.78, 5) is 0. The molecule has 78 valence electrons. The molecule has 2 N–H and O–H groups in total. The molecule has 0 amide bonds. The van der Waals surface area contributed by atoms with Gasteiger partial charge < -0.3 is 10.4 Å². The minimum absolute atomic E-state index is 0.157. The van der Waals surface area contributed by atoms with Crippen LogP contribution >= 0.6 is 0 Å². The Morgan fingerprint density at radius 3 is 2.46 bits per heavy atom. The molecule has 0 aromatic carbocycles. The van der Waals surface area contributed by atoms with Crippen molar-refractivity contribution in [2.24, 2.45) is 5.92 Å². The van der Waals surface area contributed by atoms with Gasteiger partial charge in [0, 0.05) is 6.04 Å². The minimum atomic E-state index is -0.157. The Hall–Kier alpha value is -0.0800. The Balaban J connectivity index is 2.02. The topological polar surface area (TPSA) is 32.3 Å². The molecule has 1 fully saturated rings. The molecule has 0 unspecified atom stereocenters. The zero-order valence-electron chi connectivity index (χ0n) is 8.92. The van der Waals surface area contributed by atoms with E-state index >= 15 is 0 Å². The van der Waals surface area contributed by atoms with E-state index in [1.807, 2.05) is 6.92 Å². The summed E-state index contributed by atoms with van der Waals surface area (Å²) in [5, 5.41) is 12.6. The molecular weight excluding hydrogens is 162 g/mol. The highest BCUT2D eigenvalue weighted by Gasteiger charge is 2.17. The van der Waals surface area contributed by atoms with Crippen molar-refractivity contribution in [3.63, 3.8) is 0 Å². The maximum absolute atomic E-state index is 9.08. The fourth-order valence-electron chi connectivity index (χ4n) is 1.96. The maximum Gasteiger partial charge on any atom is 0.0524 e. The first-order valence-electron chi connectivity index (χ1n) is 5.60. The summed E-state index contributed by atoms with van der Waals surface area (Å²) in [7, 11) is 0. The van der Waals surface area contributed by atoms with Gasteiger partial charge in [-0.3, -0.25) is 0 Å². The third-order valence-corrected chi connectivity index (χ3v) is 3.01. The Bertz CT molecular complexity index is 128. The smallest absolute Gasteiger partial charge is 0.0524 e. The predicted molar refractivity (Wildman–Crippen MR) is 55.7 cm³/mol. The van der Waals surface area contributed by atoms with Crippen molar-refractivity contribution in [3.05, 3.63) is 0 Å². The van der Waals surface area contributed by atoms with Crippen LogP contribution in [0, 0.1) is 5.92 Å². The predicted octanol–water partition coefficient (Wildman–Crippen LogP) is 1.93. The molecule has 13 heavy (non-hydrogen) atoms. The number of hydrogen-bond donors (Lipinski definition) is 2. The molecule has 1 rings (SSSR count). The van der Waals surface area contributed by atoms with Crippen LogP contribution in [0.25, 0.3) is 0 Å². The molecule has 1 atom stereocenters. The zero-order chi connectivity index (χ0) is 9.68. The maximum atomic E-state index is 9.08. The van der Waals surface area contributed by atoms with Crippen LogP contribution < -0.4 is 5.32 Å². The van der Waals surface area contributed by atoms with E-state index in [1.165, 1.54) is 25.7 Å². The molecule has 2 heteroatoms. The Labute approximate surface area is 81.7 Å². The fourth-order valence-corrected chi connectivity index (χ4v) is 1.96. The Morgan fingerprint density at radius 1 is 1.31 bits per heavy atom. The largest absolute Gasteiger partial charge is 0.393 e. The summed E-state index contributed by atoms with van der Waals surface area (Å²) in [6, 6.07) is 0.718. The lowest BCUT2D eigenvalue weighted by Crippen LogP contribution is -2.34. The number of aliphatic hydroxyl groups excluding tert-OH is 1.